The molecule has 0 radical (unpaired) electrons. The van der Waals surface area contributed by atoms with E-state index >= 15 is 9.18 Å². The number of fused-ring (bicyclic) bond motifs is 1. The van der Waals surface area contributed by atoms with Crippen LogP contribution in [0.15, 0.2) is 60.7 Å². The first kappa shape index (κ1) is 30.8. The van der Waals surface area contributed by atoms with Gasteiger partial charge in [0.2, 0.25) is 5.91 Å². The van der Waals surface area contributed by atoms with Crippen LogP contribution in [0.4, 0.5) is 10.1 Å². The summed E-state index contributed by atoms with van der Waals surface area (Å²) in [6, 6.07) is 17.9. The van der Waals surface area contributed by atoms with Crippen molar-refractivity contribution in [2.24, 2.45) is 5.92 Å². The molecule has 0 aromatic heterocycles. The molecule has 9 heteroatoms. The van der Waals surface area contributed by atoms with Crippen molar-refractivity contribution < 1.29 is 23.5 Å². The van der Waals surface area contributed by atoms with E-state index in [1.165, 1.54) is 4.90 Å². The molecule has 0 bridgehead atoms. The molecule has 3 atom stereocenters. The van der Waals surface area contributed by atoms with Crippen LogP contribution >= 0.6 is 11.6 Å². The Hall–Kier alpha value is -3.62. The monoisotopic (exact) mass is 607 g/mol. The van der Waals surface area contributed by atoms with Crippen LogP contribution in [-0.2, 0) is 28.1 Å². The molecule has 2 heterocycles. The molecule has 7 nitrogen and oxygen atoms in total. The summed E-state index contributed by atoms with van der Waals surface area (Å²) in [7, 11) is 6.48. The second kappa shape index (κ2) is 12.2. The molecule has 2 amide bonds. The number of likely N-dealkylation sites (N-methyl/N-ethyl adjacent to an activating group) is 1. The molecule has 43 heavy (non-hydrogen) atoms. The summed E-state index contributed by atoms with van der Waals surface area (Å²) in [6.07, 6.45) is -0.582. The Kier molecular flexibility index (Phi) is 8.72. The van der Waals surface area contributed by atoms with Gasteiger partial charge in [0.15, 0.2) is 5.54 Å². The molecule has 0 saturated carbocycles. The van der Waals surface area contributed by atoms with E-state index in [1.54, 1.807) is 56.3 Å². The number of methoxy groups -OCH3 is 2. The number of carbonyl (C=O) groups is 2. The number of likely N-dealkylation sites (tertiary alicyclic amines) is 1. The van der Waals surface area contributed by atoms with E-state index < -0.39 is 17.8 Å². The van der Waals surface area contributed by atoms with Crippen LogP contribution in [0.1, 0.15) is 42.5 Å². The van der Waals surface area contributed by atoms with Crippen molar-refractivity contribution in [2.45, 2.75) is 51.0 Å². The van der Waals surface area contributed by atoms with E-state index in [-0.39, 0.29) is 31.3 Å². The average Bonchev–Trinajstić information content (AvgIpc) is 3.47. The third-order valence-electron chi connectivity index (χ3n) is 8.46. The van der Waals surface area contributed by atoms with Gasteiger partial charge >= 0.3 is 0 Å². The molecule has 1 fully saturated rings. The Balaban J connectivity index is 1.79. The van der Waals surface area contributed by atoms with Gasteiger partial charge in [-0.1, -0.05) is 49.7 Å². The SMILES string of the molecule is COc1ccc(CN2C(=O)C(c3ccccc3CC(C)C)(N3C[C@H](F)C[C@H]3C(=O)N(C)C)c3cc(Cl)ccc32)c(OC)c1. The van der Waals surface area contributed by atoms with Crippen molar-refractivity contribution in [3.05, 3.63) is 87.9 Å². The fourth-order valence-corrected chi connectivity index (χ4v) is 6.81. The number of alkyl halides is 1. The number of amides is 2. The highest BCUT2D eigenvalue weighted by atomic mass is 35.5. The molecule has 5 rings (SSSR count). The highest BCUT2D eigenvalue weighted by Crippen LogP contribution is 2.53. The molecule has 228 valence electrons. The van der Waals surface area contributed by atoms with Gasteiger partial charge in [-0.2, -0.15) is 0 Å². The van der Waals surface area contributed by atoms with E-state index in [1.807, 2.05) is 42.5 Å². The summed E-state index contributed by atoms with van der Waals surface area (Å²) in [4.78, 5) is 33.9. The lowest BCUT2D eigenvalue weighted by Crippen LogP contribution is -2.59. The van der Waals surface area contributed by atoms with Crippen molar-refractivity contribution in [3.63, 3.8) is 0 Å². The average molecular weight is 608 g/mol. The minimum absolute atomic E-state index is 0.000588. The van der Waals surface area contributed by atoms with Crippen molar-refractivity contribution in [3.8, 4) is 11.5 Å². The van der Waals surface area contributed by atoms with Gasteiger partial charge in [-0.3, -0.25) is 14.5 Å². The minimum atomic E-state index is -1.48. The van der Waals surface area contributed by atoms with Crippen LogP contribution in [-0.4, -0.2) is 68.7 Å². The molecular weight excluding hydrogens is 569 g/mol. The number of halogens is 2. The highest BCUT2D eigenvalue weighted by molar-refractivity contribution is 6.31. The van der Waals surface area contributed by atoms with E-state index in [0.717, 1.165) is 16.7 Å². The largest absolute Gasteiger partial charge is 0.497 e. The van der Waals surface area contributed by atoms with Crippen LogP contribution in [0, 0.1) is 5.92 Å². The van der Waals surface area contributed by atoms with Gasteiger partial charge in [-0.15, -0.1) is 0 Å². The maximum Gasteiger partial charge on any atom is 0.257 e. The summed E-state index contributed by atoms with van der Waals surface area (Å²) in [5, 5.41) is 0.452. The van der Waals surface area contributed by atoms with Gasteiger partial charge in [0.05, 0.1) is 32.5 Å². The third-order valence-corrected chi connectivity index (χ3v) is 8.69. The fourth-order valence-electron chi connectivity index (χ4n) is 6.63. The van der Waals surface area contributed by atoms with E-state index in [4.69, 9.17) is 21.1 Å². The Morgan fingerprint density at radius 3 is 2.47 bits per heavy atom. The van der Waals surface area contributed by atoms with Crippen LogP contribution in [0.5, 0.6) is 11.5 Å². The zero-order chi connectivity index (χ0) is 31.1. The number of hydrogen-bond donors (Lipinski definition) is 0. The first-order valence-electron chi connectivity index (χ1n) is 14.6. The van der Waals surface area contributed by atoms with Crippen molar-refractivity contribution >= 4 is 29.1 Å². The van der Waals surface area contributed by atoms with Gasteiger partial charge in [0, 0.05) is 49.3 Å². The minimum Gasteiger partial charge on any atom is -0.497 e. The van der Waals surface area contributed by atoms with Crippen molar-refractivity contribution in [1.82, 2.24) is 9.80 Å². The number of carbonyl (C=O) groups excluding carboxylic acids is 2. The van der Waals surface area contributed by atoms with E-state index in [9.17, 15) is 4.79 Å². The molecule has 1 unspecified atom stereocenters. The number of hydrogen-bond acceptors (Lipinski definition) is 5. The van der Waals surface area contributed by atoms with Crippen LogP contribution < -0.4 is 14.4 Å². The summed E-state index contributed by atoms with van der Waals surface area (Å²) < 4.78 is 26.6. The predicted octanol–water partition coefficient (Wildman–Crippen LogP) is 5.85. The number of nitrogens with zero attached hydrogens (tertiary/aromatic N) is 3. The second-order valence-electron chi connectivity index (χ2n) is 11.9. The zero-order valence-corrected chi connectivity index (χ0v) is 26.3. The molecule has 0 N–H and O–H groups in total. The van der Waals surface area contributed by atoms with Gasteiger partial charge in [-0.05, 0) is 53.8 Å². The lowest BCUT2D eigenvalue weighted by molar-refractivity contribution is -0.138. The van der Waals surface area contributed by atoms with Crippen LogP contribution in [0.2, 0.25) is 5.02 Å². The molecule has 1 saturated heterocycles. The van der Waals surface area contributed by atoms with E-state index in [2.05, 4.69) is 13.8 Å². The Labute approximate surface area is 258 Å². The quantitative estimate of drug-likeness (QED) is 0.306. The standard InChI is InChI=1S/C34H39ClFN3O4/c1-21(2)15-22-9-7-8-10-27(22)34(39-20-25(36)17-30(39)32(40)37(3)4)28-16-24(35)12-14-29(28)38(33(34)41)19-23-11-13-26(42-5)18-31(23)43-6/h7-14,16,18,21,25,30H,15,17,19-20H2,1-6H3/t25-,30+,34?/m1/s1. The molecule has 0 aliphatic carbocycles. The summed E-state index contributed by atoms with van der Waals surface area (Å²) in [5.74, 6) is 0.997. The fraction of sp³-hybridized carbons (Fsp3) is 0.412. The lowest BCUT2D eigenvalue weighted by atomic mass is 9.77. The summed E-state index contributed by atoms with van der Waals surface area (Å²) in [6.45, 7) is 4.36. The first-order valence-corrected chi connectivity index (χ1v) is 14.9. The van der Waals surface area contributed by atoms with Crippen LogP contribution in [0.3, 0.4) is 0 Å². The molecule has 0 spiro atoms. The molecule has 3 aromatic rings. The smallest absolute Gasteiger partial charge is 0.257 e. The third kappa shape index (κ3) is 5.36. The number of ether oxygens (including phenoxy) is 2. The number of anilines is 1. The topological polar surface area (TPSA) is 62.3 Å². The Morgan fingerprint density at radius 1 is 1.05 bits per heavy atom. The molecule has 3 aromatic carbocycles. The van der Waals surface area contributed by atoms with Crippen molar-refractivity contribution in [1.29, 1.82) is 0 Å². The van der Waals surface area contributed by atoms with Gasteiger partial charge in [0.25, 0.3) is 5.91 Å². The lowest BCUT2D eigenvalue weighted by Gasteiger charge is -2.42. The first-order chi connectivity index (χ1) is 20.5. The van der Waals surface area contributed by atoms with Gasteiger partial charge < -0.3 is 19.3 Å². The molecule has 2 aliphatic heterocycles. The maximum absolute atomic E-state index is 15.5. The maximum atomic E-state index is 15.5. The van der Waals surface area contributed by atoms with Gasteiger partial charge in [-0.25, -0.2) is 4.39 Å². The van der Waals surface area contributed by atoms with Crippen LogP contribution in [0.25, 0.3) is 0 Å². The van der Waals surface area contributed by atoms with E-state index in [0.29, 0.717) is 40.1 Å². The highest BCUT2D eigenvalue weighted by Gasteiger charge is 2.61. The number of rotatable bonds is 9. The van der Waals surface area contributed by atoms with Gasteiger partial charge in [0.1, 0.15) is 17.7 Å². The summed E-state index contributed by atoms with van der Waals surface area (Å²) >= 11 is 6.65. The second-order valence-corrected chi connectivity index (χ2v) is 12.4. The Morgan fingerprint density at radius 2 is 1.79 bits per heavy atom. The predicted molar refractivity (Wildman–Crippen MR) is 167 cm³/mol. The number of benzene rings is 3. The normalized spacial score (nSPS) is 21.8. The summed E-state index contributed by atoms with van der Waals surface area (Å²) in [5.41, 5.74) is 2.30. The Bertz CT molecular complexity index is 1530. The van der Waals surface area contributed by atoms with Crippen molar-refractivity contribution in [2.75, 3.05) is 39.8 Å². The zero-order valence-electron chi connectivity index (χ0n) is 25.6. The molecular formula is C34H39ClFN3O4. The molecule has 2 aliphatic rings.